The Labute approximate surface area is 136 Å². The van der Waals surface area contributed by atoms with Crippen LogP contribution in [0.15, 0.2) is 22.8 Å². The van der Waals surface area contributed by atoms with Crippen molar-refractivity contribution >= 4 is 11.9 Å². The number of urea groups is 1. The maximum atomic E-state index is 12.3. The highest BCUT2D eigenvalue weighted by atomic mass is 16.3. The number of carbonyl (C=O) groups excluding carboxylic acids is 2. The van der Waals surface area contributed by atoms with Gasteiger partial charge in [-0.2, -0.15) is 0 Å². The number of hydrogen-bond donors (Lipinski definition) is 1. The summed E-state index contributed by atoms with van der Waals surface area (Å²) in [6.07, 6.45) is 6.52. The lowest BCUT2D eigenvalue weighted by Crippen LogP contribution is -2.43. The van der Waals surface area contributed by atoms with E-state index in [0.717, 1.165) is 12.3 Å². The maximum absolute atomic E-state index is 12.3. The first-order valence-corrected chi connectivity index (χ1v) is 8.38. The third-order valence-corrected chi connectivity index (χ3v) is 4.84. The number of nitrogens with one attached hydrogen (secondary N) is 1. The Morgan fingerprint density at radius 2 is 2.09 bits per heavy atom. The van der Waals surface area contributed by atoms with Crippen LogP contribution < -0.4 is 5.32 Å². The fourth-order valence-corrected chi connectivity index (χ4v) is 3.51. The van der Waals surface area contributed by atoms with E-state index in [1.165, 1.54) is 30.6 Å². The van der Waals surface area contributed by atoms with Crippen LogP contribution in [0.25, 0.3) is 0 Å². The molecule has 3 amide bonds. The van der Waals surface area contributed by atoms with Crippen molar-refractivity contribution in [2.45, 2.75) is 57.7 Å². The Kier molecular flexibility index (Phi) is 4.43. The van der Waals surface area contributed by atoms with Crippen molar-refractivity contribution in [1.29, 1.82) is 0 Å². The maximum Gasteiger partial charge on any atom is 0.325 e. The zero-order valence-electron chi connectivity index (χ0n) is 13.9. The molecule has 0 radical (unpaired) electrons. The number of nitrogens with zero attached hydrogens (tertiary/aromatic N) is 2. The van der Waals surface area contributed by atoms with E-state index in [1.54, 1.807) is 20.1 Å². The van der Waals surface area contributed by atoms with Crippen LogP contribution in [0.2, 0.25) is 0 Å². The molecule has 2 fully saturated rings. The molecule has 0 aromatic carbocycles. The molecule has 1 N–H and O–H groups in total. The van der Waals surface area contributed by atoms with Crippen molar-refractivity contribution in [3.05, 3.63) is 24.2 Å². The molecule has 1 saturated heterocycles. The van der Waals surface area contributed by atoms with Crippen molar-refractivity contribution in [2.75, 3.05) is 13.1 Å². The van der Waals surface area contributed by atoms with Gasteiger partial charge in [-0.3, -0.25) is 14.6 Å². The molecule has 1 aromatic rings. The fraction of sp³-hybridized carbons (Fsp3) is 0.647. The number of rotatable bonds is 6. The van der Waals surface area contributed by atoms with Gasteiger partial charge < -0.3 is 9.73 Å². The largest absolute Gasteiger partial charge is 0.468 e. The Bertz CT molecular complexity index is 562. The monoisotopic (exact) mass is 319 g/mol. The standard InChI is InChI=1S/C17H25N3O3/c1-17(2)15(21)20(16(22)18-17)10-9-19(13-6-3-4-7-13)12-14-8-5-11-23-14/h5,8,11,13H,3-4,6-7,9-10,12H2,1-2H3,(H,18,22). The second-order valence-electron chi connectivity index (χ2n) is 7.00. The van der Waals surface area contributed by atoms with Crippen LogP contribution in [-0.4, -0.2) is 46.4 Å². The van der Waals surface area contributed by atoms with Gasteiger partial charge in [0.25, 0.3) is 5.91 Å². The van der Waals surface area contributed by atoms with Gasteiger partial charge in [-0.1, -0.05) is 12.8 Å². The lowest BCUT2D eigenvalue weighted by atomic mass is 10.1. The van der Waals surface area contributed by atoms with Crippen LogP contribution >= 0.6 is 0 Å². The minimum atomic E-state index is -0.795. The van der Waals surface area contributed by atoms with E-state index in [-0.39, 0.29) is 11.9 Å². The van der Waals surface area contributed by atoms with E-state index in [2.05, 4.69) is 10.2 Å². The molecule has 1 aromatic heterocycles. The van der Waals surface area contributed by atoms with E-state index in [4.69, 9.17) is 4.42 Å². The van der Waals surface area contributed by atoms with Crippen molar-refractivity contribution in [3.8, 4) is 0 Å². The van der Waals surface area contributed by atoms with Crippen LogP contribution in [-0.2, 0) is 11.3 Å². The van der Waals surface area contributed by atoms with Gasteiger partial charge in [0, 0.05) is 19.1 Å². The zero-order valence-corrected chi connectivity index (χ0v) is 13.9. The van der Waals surface area contributed by atoms with Crippen LogP contribution in [0.5, 0.6) is 0 Å². The van der Waals surface area contributed by atoms with Gasteiger partial charge in [0.15, 0.2) is 0 Å². The third kappa shape index (κ3) is 3.42. The van der Waals surface area contributed by atoms with E-state index < -0.39 is 5.54 Å². The molecule has 6 heteroatoms. The Morgan fingerprint density at radius 3 is 2.65 bits per heavy atom. The van der Waals surface area contributed by atoms with Crippen LogP contribution in [0.1, 0.15) is 45.3 Å². The highest BCUT2D eigenvalue weighted by Crippen LogP contribution is 2.25. The van der Waals surface area contributed by atoms with E-state index >= 15 is 0 Å². The van der Waals surface area contributed by atoms with Gasteiger partial charge in [0.05, 0.1) is 12.8 Å². The SMILES string of the molecule is CC1(C)NC(=O)N(CCN(Cc2ccco2)C2CCCC2)C1=O. The molecule has 2 aliphatic rings. The van der Waals surface area contributed by atoms with E-state index in [0.29, 0.717) is 19.1 Å². The Balaban J connectivity index is 1.64. The average molecular weight is 319 g/mol. The predicted molar refractivity (Wildman–Crippen MR) is 85.7 cm³/mol. The van der Waals surface area contributed by atoms with Gasteiger partial charge in [0.2, 0.25) is 0 Å². The van der Waals surface area contributed by atoms with Crippen molar-refractivity contribution < 1.29 is 14.0 Å². The first kappa shape index (κ1) is 16.1. The summed E-state index contributed by atoms with van der Waals surface area (Å²) in [5, 5.41) is 2.73. The molecule has 23 heavy (non-hydrogen) atoms. The summed E-state index contributed by atoms with van der Waals surface area (Å²) in [6.45, 7) is 5.31. The first-order chi connectivity index (χ1) is 11.0. The number of carbonyl (C=O) groups is 2. The molecule has 1 aliphatic heterocycles. The summed E-state index contributed by atoms with van der Waals surface area (Å²) < 4.78 is 5.47. The van der Waals surface area contributed by atoms with Crippen molar-refractivity contribution in [1.82, 2.24) is 15.1 Å². The van der Waals surface area contributed by atoms with Gasteiger partial charge in [-0.25, -0.2) is 4.79 Å². The normalized spacial score (nSPS) is 21.4. The molecule has 0 atom stereocenters. The summed E-state index contributed by atoms with van der Waals surface area (Å²) >= 11 is 0. The predicted octanol–water partition coefficient (Wildman–Crippen LogP) is 2.35. The highest BCUT2D eigenvalue weighted by Gasteiger charge is 2.44. The zero-order chi connectivity index (χ0) is 16.4. The fourth-order valence-electron chi connectivity index (χ4n) is 3.51. The van der Waals surface area contributed by atoms with Gasteiger partial charge in [-0.05, 0) is 38.8 Å². The molecule has 0 unspecified atom stereocenters. The molecule has 1 aliphatic carbocycles. The molecular weight excluding hydrogens is 294 g/mol. The average Bonchev–Trinajstić information content (AvgIpc) is 3.21. The van der Waals surface area contributed by atoms with Crippen molar-refractivity contribution in [3.63, 3.8) is 0 Å². The summed E-state index contributed by atoms with van der Waals surface area (Å²) in [7, 11) is 0. The van der Waals surface area contributed by atoms with E-state index in [9.17, 15) is 9.59 Å². The smallest absolute Gasteiger partial charge is 0.325 e. The van der Waals surface area contributed by atoms with E-state index in [1.807, 2.05) is 12.1 Å². The Hall–Kier alpha value is -1.82. The quantitative estimate of drug-likeness (QED) is 0.818. The molecule has 0 bridgehead atoms. The Morgan fingerprint density at radius 1 is 1.35 bits per heavy atom. The minimum Gasteiger partial charge on any atom is -0.468 e. The molecule has 1 saturated carbocycles. The second-order valence-corrected chi connectivity index (χ2v) is 7.00. The van der Waals surface area contributed by atoms with Gasteiger partial charge in [0.1, 0.15) is 11.3 Å². The van der Waals surface area contributed by atoms with Gasteiger partial charge >= 0.3 is 6.03 Å². The summed E-state index contributed by atoms with van der Waals surface area (Å²) in [4.78, 5) is 28.0. The number of imide groups is 1. The van der Waals surface area contributed by atoms with Crippen LogP contribution in [0, 0.1) is 0 Å². The first-order valence-electron chi connectivity index (χ1n) is 8.38. The molecule has 0 spiro atoms. The number of furan rings is 1. The topological polar surface area (TPSA) is 65.8 Å². The molecule has 2 heterocycles. The number of hydrogen-bond acceptors (Lipinski definition) is 4. The van der Waals surface area contributed by atoms with Crippen molar-refractivity contribution in [2.24, 2.45) is 0 Å². The lowest BCUT2D eigenvalue weighted by molar-refractivity contribution is -0.130. The second kappa shape index (κ2) is 6.35. The molecule has 126 valence electrons. The summed E-state index contributed by atoms with van der Waals surface area (Å²) in [5.74, 6) is 0.779. The third-order valence-electron chi connectivity index (χ3n) is 4.84. The van der Waals surface area contributed by atoms with Gasteiger partial charge in [-0.15, -0.1) is 0 Å². The van der Waals surface area contributed by atoms with Crippen LogP contribution in [0.4, 0.5) is 4.79 Å². The number of amides is 3. The highest BCUT2D eigenvalue weighted by molar-refractivity contribution is 6.06. The molecule has 6 nitrogen and oxygen atoms in total. The summed E-state index contributed by atoms with van der Waals surface area (Å²) in [5.41, 5.74) is -0.795. The lowest BCUT2D eigenvalue weighted by Gasteiger charge is -2.29. The summed E-state index contributed by atoms with van der Waals surface area (Å²) in [6, 6.07) is 4.08. The molecular formula is C17H25N3O3. The van der Waals surface area contributed by atoms with Crippen LogP contribution in [0.3, 0.4) is 0 Å². The molecule has 3 rings (SSSR count). The minimum absolute atomic E-state index is 0.146.